The first-order chi connectivity index (χ1) is 9.08. The van der Waals surface area contributed by atoms with Crippen LogP contribution in [0.4, 0.5) is 10.1 Å². The number of amides is 1. The first-order valence-electron chi connectivity index (χ1n) is 6.35. The molecule has 19 heavy (non-hydrogen) atoms. The quantitative estimate of drug-likeness (QED) is 0.895. The summed E-state index contributed by atoms with van der Waals surface area (Å²) in [4.78, 5) is 23.1. The number of hydrogen-bond donors (Lipinski definition) is 1. The van der Waals surface area contributed by atoms with Crippen molar-refractivity contribution in [1.82, 2.24) is 0 Å². The standard InChI is InChI=1S/C14H16FNO3/c15-9-5-7-10(8-6-9)16-13(17)11-3-1-2-4-12(11)14(18)19/h5-8,11-12H,1-4H2,(H,16,17)(H,18,19)/p-1/t11-,12-/m1/s1. The number of benzene rings is 1. The molecule has 0 aliphatic heterocycles. The largest absolute Gasteiger partial charge is 0.550 e. The number of carboxylic acid groups (broad SMARTS) is 1. The van der Waals surface area contributed by atoms with Crippen LogP contribution in [0, 0.1) is 17.7 Å². The van der Waals surface area contributed by atoms with Crippen molar-refractivity contribution in [3.63, 3.8) is 0 Å². The fraction of sp³-hybridized carbons (Fsp3) is 0.429. The predicted octanol–water partition coefficient (Wildman–Crippen LogP) is 1.32. The zero-order chi connectivity index (χ0) is 13.8. The van der Waals surface area contributed by atoms with Gasteiger partial charge in [0, 0.05) is 23.5 Å². The SMILES string of the molecule is O=C([O-])[C@@H]1CCCC[C@H]1C(=O)Nc1ccc(F)cc1. The van der Waals surface area contributed by atoms with E-state index in [2.05, 4.69) is 5.32 Å². The molecule has 4 nitrogen and oxygen atoms in total. The van der Waals surface area contributed by atoms with Gasteiger partial charge in [-0.2, -0.15) is 0 Å². The van der Waals surface area contributed by atoms with Gasteiger partial charge in [-0.15, -0.1) is 0 Å². The second kappa shape index (κ2) is 5.82. The number of carboxylic acids is 1. The van der Waals surface area contributed by atoms with Crippen LogP contribution in [0.15, 0.2) is 24.3 Å². The second-order valence-corrected chi connectivity index (χ2v) is 4.81. The van der Waals surface area contributed by atoms with E-state index in [-0.39, 0.29) is 11.7 Å². The summed E-state index contributed by atoms with van der Waals surface area (Å²) in [5.74, 6) is -3.18. The lowest BCUT2D eigenvalue weighted by molar-refractivity contribution is -0.313. The molecule has 1 aromatic rings. The maximum Gasteiger partial charge on any atom is 0.228 e. The lowest BCUT2D eigenvalue weighted by Gasteiger charge is -2.31. The minimum Gasteiger partial charge on any atom is -0.550 e. The minimum absolute atomic E-state index is 0.333. The van der Waals surface area contributed by atoms with Crippen LogP contribution in [0.25, 0.3) is 0 Å². The molecule has 0 saturated heterocycles. The van der Waals surface area contributed by atoms with Crippen molar-refractivity contribution in [3.8, 4) is 0 Å². The van der Waals surface area contributed by atoms with Crippen LogP contribution >= 0.6 is 0 Å². The van der Waals surface area contributed by atoms with E-state index < -0.39 is 17.8 Å². The summed E-state index contributed by atoms with van der Waals surface area (Å²) in [6.45, 7) is 0. The lowest BCUT2D eigenvalue weighted by atomic mass is 9.78. The van der Waals surface area contributed by atoms with Gasteiger partial charge in [0.25, 0.3) is 0 Å². The molecule has 1 amide bonds. The van der Waals surface area contributed by atoms with Gasteiger partial charge in [0.1, 0.15) is 5.82 Å². The second-order valence-electron chi connectivity index (χ2n) is 4.81. The van der Waals surface area contributed by atoms with Gasteiger partial charge in [-0.1, -0.05) is 12.8 Å². The van der Waals surface area contributed by atoms with E-state index in [1.807, 2.05) is 0 Å². The molecular weight excluding hydrogens is 249 g/mol. The summed E-state index contributed by atoms with van der Waals surface area (Å²) in [6.07, 6.45) is 2.67. The molecule has 2 atom stereocenters. The third-order valence-corrected chi connectivity index (χ3v) is 3.52. The smallest absolute Gasteiger partial charge is 0.228 e. The molecule has 1 aromatic carbocycles. The molecule has 2 rings (SSSR count). The molecule has 0 bridgehead atoms. The molecule has 1 N–H and O–H groups in total. The Balaban J connectivity index is 2.05. The molecule has 102 valence electrons. The van der Waals surface area contributed by atoms with Gasteiger partial charge in [-0.05, 0) is 37.1 Å². The van der Waals surface area contributed by atoms with Crippen molar-refractivity contribution in [1.29, 1.82) is 0 Å². The van der Waals surface area contributed by atoms with Gasteiger partial charge in [-0.3, -0.25) is 4.79 Å². The molecule has 0 aromatic heterocycles. The number of carbonyl (C=O) groups excluding carboxylic acids is 2. The Morgan fingerprint density at radius 3 is 2.26 bits per heavy atom. The van der Waals surface area contributed by atoms with Crippen LogP contribution in [-0.2, 0) is 9.59 Å². The fourth-order valence-electron chi connectivity index (χ4n) is 2.49. The zero-order valence-electron chi connectivity index (χ0n) is 10.4. The van der Waals surface area contributed by atoms with E-state index in [1.54, 1.807) is 0 Å². The Hall–Kier alpha value is -1.91. The highest BCUT2D eigenvalue weighted by Crippen LogP contribution is 2.30. The molecule has 1 fully saturated rings. The summed E-state index contributed by atoms with van der Waals surface area (Å²) < 4.78 is 12.7. The monoisotopic (exact) mass is 264 g/mol. The van der Waals surface area contributed by atoms with Gasteiger partial charge in [0.15, 0.2) is 0 Å². The number of hydrogen-bond acceptors (Lipinski definition) is 3. The first kappa shape index (κ1) is 13.5. The number of aliphatic carboxylic acids is 1. The number of rotatable bonds is 3. The van der Waals surface area contributed by atoms with Gasteiger partial charge >= 0.3 is 0 Å². The highest BCUT2D eigenvalue weighted by molar-refractivity contribution is 5.94. The lowest BCUT2D eigenvalue weighted by Crippen LogP contribution is -2.42. The summed E-state index contributed by atoms with van der Waals surface area (Å²) in [7, 11) is 0. The molecule has 0 radical (unpaired) electrons. The molecule has 5 heteroatoms. The fourth-order valence-corrected chi connectivity index (χ4v) is 2.49. The molecule has 1 aliphatic carbocycles. The van der Waals surface area contributed by atoms with Gasteiger partial charge in [0.2, 0.25) is 5.91 Å². The summed E-state index contributed by atoms with van der Waals surface area (Å²) in [5, 5.41) is 13.7. The topological polar surface area (TPSA) is 69.2 Å². The van der Waals surface area contributed by atoms with Gasteiger partial charge in [-0.25, -0.2) is 4.39 Å². The van der Waals surface area contributed by atoms with Gasteiger partial charge in [0.05, 0.1) is 0 Å². The average molecular weight is 264 g/mol. The highest BCUT2D eigenvalue weighted by Gasteiger charge is 2.31. The van der Waals surface area contributed by atoms with Crippen LogP contribution in [0.3, 0.4) is 0 Å². The van der Waals surface area contributed by atoms with E-state index in [0.29, 0.717) is 18.5 Å². The van der Waals surface area contributed by atoms with Crippen molar-refractivity contribution >= 4 is 17.6 Å². The number of carbonyl (C=O) groups is 2. The number of anilines is 1. The Morgan fingerprint density at radius 1 is 1.11 bits per heavy atom. The van der Waals surface area contributed by atoms with Crippen LogP contribution in [-0.4, -0.2) is 11.9 Å². The summed E-state index contributed by atoms with van der Waals surface area (Å²) in [6, 6.07) is 5.38. The van der Waals surface area contributed by atoms with E-state index in [9.17, 15) is 19.1 Å². The molecule has 0 spiro atoms. The van der Waals surface area contributed by atoms with Crippen molar-refractivity contribution in [2.24, 2.45) is 11.8 Å². The average Bonchev–Trinajstić information content (AvgIpc) is 2.41. The number of halogens is 1. The molecule has 0 heterocycles. The Bertz CT molecular complexity index is 472. The highest BCUT2D eigenvalue weighted by atomic mass is 19.1. The maximum atomic E-state index is 12.7. The van der Waals surface area contributed by atoms with Crippen LogP contribution < -0.4 is 10.4 Å². The molecule has 1 aliphatic rings. The minimum atomic E-state index is -1.17. The van der Waals surface area contributed by atoms with Crippen LogP contribution in [0.5, 0.6) is 0 Å². The first-order valence-corrected chi connectivity index (χ1v) is 6.35. The normalized spacial score (nSPS) is 22.8. The van der Waals surface area contributed by atoms with Crippen molar-refractivity contribution in [2.45, 2.75) is 25.7 Å². The maximum absolute atomic E-state index is 12.7. The van der Waals surface area contributed by atoms with E-state index in [0.717, 1.165) is 12.8 Å². The molecule has 1 saturated carbocycles. The number of nitrogens with one attached hydrogen (secondary N) is 1. The summed E-state index contributed by atoms with van der Waals surface area (Å²) >= 11 is 0. The van der Waals surface area contributed by atoms with E-state index in [1.165, 1.54) is 24.3 Å². The predicted molar refractivity (Wildman–Crippen MR) is 65.5 cm³/mol. The van der Waals surface area contributed by atoms with E-state index >= 15 is 0 Å². The molecule has 0 unspecified atom stereocenters. The zero-order valence-corrected chi connectivity index (χ0v) is 10.4. The third kappa shape index (κ3) is 3.30. The Labute approximate surface area is 110 Å². The van der Waals surface area contributed by atoms with Crippen molar-refractivity contribution in [2.75, 3.05) is 5.32 Å². The van der Waals surface area contributed by atoms with Gasteiger partial charge < -0.3 is 15.2 Å². The van der Waals surface area contributed by atoms with Crippen LogP contribution in [0.1, 0.15) is 25.7 Å². The molecular formula is C14H15FNO3-. The van der Waals surface area contributed by atoms with Crippen molar-refractivity contribution < 1.29 is 19.1 Å². The van der Waals surface area contributed by atoms with Crippen LogP contribution in [0.2, 0.25) is 0 Å². The van der Waals surface area contributed by atoms with Crippen molar-refractivity contribution in [3.05, 3.63) is 30.1 Å². The Morgan fingerprint density at radius 2 is 1.68 bits per heavy atom. The van der Waals surface area contributed by atoms with E-state index in [4.69, 9.17) is 0 Å². The summed E-state index contributed by atoms with van der Waals surface area (Å²) in [5.41, 5.74) is 0.467. The third-order valence-electron chi connectivity index (χ3n) is 3.52. The Kier molecular flexibility index (Phi) is 4.14.